The molecule has 1 heterocycles. The first-order valence-electron chi connectivity index (χ1n) is 7.88. The van der Waals surface area contributed by atoms with Gasteiger partial charge in [0.05, 0.1) is 0 Å². The van der Waals surface area contributed by atoms with Gasteiger partial charge in [-0.15, -0.1) is 4.91 Å². The average molecular weight is 327 g/mol. The van der Waals surface area contributed by atoms with Crippen LogP contribution in [0.3, 0.4) is 0 Å². The lowest BCUT2D eigenvalue weighted by atomic mass is 10.1. The van der Waals surface area contributed by atoms with Crippen molar-refractivity contribution in [3.8, 4) is 0 Å². The molecule has 0 unspecified atom stereocenters. The van der Waals surface area contributed by atoms with E-state index in [2.05, 4.69) is 57.9 Å². The second-order valence-corrected chi connectivity index (χ2v) is 6.13. The van der Waals surface area contributed by atoms with Gasteiger partial charge in [0.25, 0.3) is 0 Å². The van der Waals surface area contributed by atoms with E-state index in [1.165, 1.54) is 5.56 Å². The van der Waals surface area contributed by atoms with Crippen LogP contribution in [0.5, 0.6) is 0 Å². The average Bonchev–Trinajstić information content (AvgIpc) is 2.62. The monoisotopic (exact) mass is 327 g/mol. The Morgan fingerprint density at radius 2 is 1.74 bits per heavy atom. The molecule has 0 spiro atoms. The highest BCUT2D eigenvalue weighted by molar-refractivity contribution is 7.79. The molecule has 0 amide bonds. The Labute approximate surface area is 142 Å². The Kier molecular flexibility index (Phi) is 5.31. The molecule has 0 bridgehead atoms. The third kappa shape index (κ3) is 3.92. The van der Waals surface area contributed by atoms with Crippen molar-refractivity contribution in [2.45, 2.75) is 12.3 Å². The minimum Gasteiger partial charge on any atom is -0.369 e. The maximum absolute atomic E-state index is 10.8. The molecule has 0 aromatic heterocycles. The van der Waals surface area contributed by atoms with Crippen molar-refractivity contribution in [3.05, 3.63) is 64.6 Å². The number of nitroso groups, excluding NO2 is 1. The molecular weight excluding hydrogens is 306 g/mol. The van der Waals surface area contributed by atoms with E-state index in [4.69, 9.17) is 0 Å². The summed E-state index contributed by atoms with van der Waals surface area (Å²) in [6.45, 7) is 5.07. The lowest BCUT2D eigenvalue weighted by Crippen LogP contribution is -2.46. The molecule has 0 radical (unpaired) electrons. The van der Waals surface area contributed by atoms with Gasteiger partial charge in [0.15, 0.2) is 0 Å². The van der Waals surface area contributed by atoms with Crippen molar-refractivity contribution in [2.24, 2.45) is 5.18 Å². The van der Waals surface area contributed by atoms with Gasteiger partial charge in [0.2, 0.25) is 0 Å². The summed E-state index contributed by atoms with van der Waals surface area (Å²) in [4.78, 5) is 15.6. The first-order chi connectivity index (χ1) is 11.3. The van der Waals surface area contributed by atoms with Crippen molar-refractivity contribution in [2.75, 3.05) is 31.1 Å². The van der Waals surface area contributed by atoms with Gasteiger partial charge in [-0.05, 0) is 34.5 Å². The molecule has 1 aliphatic heterocycles. The maximum Gasteiger partial charge on any atom is 0.112 e. The van der Waals surface area contributed by atoms with E-state index in [0.29, 0.717) is 11.4 Å². The highest BCUT2D eigenvalue weighted by atomic mass is 32.1. The highest BCUT2D eigenvalue weighted by Crippen LogP contribution is 2.27. The van der Waals surface area contributed by atoms with Crippen molar-refractivity contribution in [1.82, 2.24) is 4.90 Å². The van der Waals surface area contributed by atoms with Crippen LogP contribution in [0.1, 0.15) is 11.1 Å². The Hall–Kier alpha value is -1.85. The Morgan fingerprint density at radius 3 is 2.39 bits per heavy atom. The molecular formula is C18H21N3OS. The van der Waals surface area contributed by atoms with E-state index < -0.39 is 0 Å². The third-order valence-corrected chi connectivity index (χ3v) is 4.66. The van der Waals surface area contributed by atoms with E-state index in [1.807, 2.05) is 12.1 Å². The van der Waals surface area contributed by atoms with Gasteiger partial charge in [-0.2, -0.15) is 12.6 Å². The zero-order chi connectivity index (χ0) is 16.1. The lowest BCUT2D eigenvalue weighted by Gasteiger charge is -2.36. The molecule has 23 heavy (non-hydrogen) atoms. The smallest absolute Gasteiger partial charge is 0.112 e. The van der Waals surface area contributed by atoms with E-state index >= 15 is 0 Å². The van der Waals surface area contributed by atoms with Crippen LogP contribution in [0.15, 0.2) is 53.7 Å². The van der Waals surface area contributed by atoms with Gasteiger partial charge in [-0.1, -0.05) is 30.3 Å². The fourth-order valence-electron chi connectivity index (χ4n) is 2.99. The normalized spacial score (nSPS) is 15.6. The summed E-state index contributed by atoms with van der Waals surface area (Å²) in [6.07, 6.45) is 0. The third-order valence-electron chi connectivity index (χ3n) is 4.32. The van der Waals surface area contributed by atoms with Crippen LogP contribution in [-0.4, -0.2) is 31.1 Å². The van der Waals surface area contributed by atoms with Crippen LogP contribution >= 0.6 is 12.6 Å². The zero-order valence-corrected chi connectivity index (χ0v) is 14.0. The van der Waals surface area contributed by atoms with Crippen LogP contribution in [0.4, 0.5) is 11.4 Å². The molecule has 1 saturated heterocycles. The Bertz CT molecular complexity index is 655. The van der Waals surface area contributed by atoms with Crippen LogP contribution in [0.25, 0.3) is 0 Å². The predicted molar refractivity (Wildman–Crippen MR) is 98.5 cm³/mol. The Morgan fingerprint density at radius 1 is 1.00 bits per heavy atom. The number of benzene rings is 2. The topological polar surface area (TPSA) is 35.9 Å². The molecule has 2 aromatic carbocycles. The molecule has 1 aliphatic rings. The minimum absolute atomic E-state index is 0.492. The van der Waals surface area contributed by atoms with Gasteiger partial charge in [0.1, 0.15) is 5.69 Å². The first kappa shape index (κ1) is 16.0. The molecule has 120 valence electrons. The number of piperazine rings is 1. The molecule has 1 fully saturated rings. The summed E-state index contributed by atoms with van der Waals surface area (Å²) >= 11 is 4.29. The summed E-state index contributed by atoms with van der Waals surface area (Å²) in [6, 6.07) is 16.4. The summed E-state index contributed by atoms with van der Waals surface area (Å²) in [5.41, 5.74) is 3.90. The fraction of sp³-hybridized carbons (Fsp3) is 0.333. The maximum atomic E-state index is 10.8. The van der Waals surface area contributed by atoms with E-state index in [0.717, 1.165) is 44.0 Å². The molecule has 0 atom stereocenters. The molecule has 5 heteroatoms. The molecule has 0 aliphatic carbocycles. The highest BCUT2D eigenvalue weighted by Gasteiger charge is 2.18. The van der Waals surface area contributed by atoms with Crippen LogP contribution < -0.4 is 4.90 Å². The number of thiol groups is 1. The zero-order valence-electron chi connectivity index (χ0n) is 13.1. The van der Waals surface area contributed by atoms with Gasteiger partial charge in [-0.3, -0.25) is 4.90 Å². The van der Waals surface area contributed by atoms with Gasteiger partial charge in [0, 0.05) is 44.2 Å². The minimum atomic E-state index is 0.492. The van der Waals surface area contributed by atoms with Crippen LogP contribution in [0, 0.1) is 4.91 Å². The molecule has 0 saturated carbocycles. The number of hydrogen-bond acceptors (Lipinski definition) is 5. The Balaban J connectivity index is 1.61. The fourth-order valence-corrected chi connectivity index (χ4v) is 3.24. The van der Waals surface area contributed by atoms with Gasteiger partial charge < -0.3 is 4.90 Å². The predicted octanol–water partition coefficient (Wildman–Crippen LogP) is 3.84. The van der Waals surface area contributed by atoms with Crippen LogP contribution in [-0.2, 0) is 12.3 Å². The second kappa shape index (κ2) is 7.62. The standard InChI is InChI=1S/C18H21N3OS/c22-19-18-7-6-17(12-16(18)14-23)21-10-8-20(9-11-21)13-15-4-2-1-3-5-15/h1-7,12,23H,8-11,13-14H2. The van der Waals surface area contributed by atoms with Gasteiger partial charge >= 0.3 is 0 Å². The van der Waals surface area contributed by atoms with E-state index in [9.17, 15) is 4.91 Å². The molecule has 2 aromatic rings. The molecule has 0 N–H and O–H groups in total. The quantitative estimate of drug-likeness (QED) is 0.669. The van der Waals surface area contributed by atoms with Crippen LogP contribution in [0.2, 0.25) is 0 Å². The number of anilines is 1. The van der Waals surface area contributed by atoms with Crippen molar-refractivity contribution < 1.29 is 0 Å². The first-order valence-corrected chi connectivity index (χ1v) is 8.52. The molecule has 4 nitrogen and oxygen atoms in total. The number of rotatable bonds is 5. The summed E-state index contributed by atoms with van der Waals surface area (Å²) < 4.78 is 0. The van der Waals surface area contributed by atoms with Crippen molar-refractivity contribution in [1.29, 1.82) is 0 Å². The summed E-state index contributed by atoms with van der Waals surface area (Å²) in [5, 5.41) is 3.06. The van der Waals surface area contributed by atoms with Crippen molar-refractivity contribution >= 4 is 24.0 Å². The summed E-state index contributed by atoms with van der Waals surface area (Å²) in [5.74, 6) is 0.531. The number of nitrogens with zero attached hydrogens (tertiary/aromatic N) is 3. The lowest BCUT2D eigenvalue weighted by molar-refractivity contribution is 0.250. The largest absolute Gasteiger partial charge is 0.369 e. The summed E-state index contributed by atoms with van der Waals surface area (Å²) in [7, 11) is 0. The SMILES string of the molecule is O=Nc1ccc(N2CCN(Cc3ccccc3)CC2)cc1CS. The molecule has 3 rings (SSSR count). The van der Waals surface area contributed by atoms with Gasteiger partial charge in [-0.25, -0.2) is 0 Å². The van der Waals surface area contributed by atoms with E-state index in [-0.39, 0.29) is 0 Å². The number of hydrogen-bond donors (Lipinski definition) is 1. The second-order valence-electron chi connectivity index (χ2n) is 5.81. The van der Waals surface area contributed by atoms with Crippen molar-refractivity contribution in [3.63, 3.8) is 0 Å². The van der Waals surface area contributed by atoms with E-state index in [1.54, 1.807) is 6.07 Å².